The van der Waals surface area contributed by atoms with Crippen molar-refractivity contribution in [1.29, 1.82) is 5.41 Å². The predicted molar refractivity (Wildman–Crippen MR) is 81.2 cm³/mol. The molecule has 4 nitrogen and oxygen atoms in total. The molecule has 1 aromatic carbocycles. The standard InChI is InChI=1S/C15H25N3O/c1-15(2,14(16)17)9-6-10-19-13-8-5-7-12(11-13)18(3)4/h5,7-8,11H,6,9-10H2,1-4H3,(H3,16,17). The molecule has 0 heterocycles. The third kappa shape index (κ3) is 4.81. The summed E-state index contributed by atoms with van der Waals surface area (Å²) >= 11 is 0. The highest BCUT2D eigenvalue weighted by Crippen LogP contribution is 2.23. The molecule has 106 valence electrons. The van der Waals surface area contributed by atoms with Crippen LogP contribution in [0.25, 0.3) is 0 Å². The average Bonchev–Trinajstić information content (AvgIpc) is 2.35. The van der Waals surface area contributed by atoms with Crippen molar-refractivity contribution in [2.75, 3.05) is 25.6 Å². The number of hydrogen-bond acceptors (Lipinski definition) is 3. The average molecular weight is 263 g/mol. The molecule has 0 aliphatic carbocycles. The monoisotopic (exact) mass is 263 g/mol. The summed E-state index contributed by atoms with van der Waals surface area (Å²) < 4.78 is 5.73. The fourth-order valence-electron chi connectivity index (χ4n) is 1.69. The molecule has 0 atom stereocenters. The number of nitrogens with zero attached hydrogens (tertiary/aromatic N) is 1. The highest BCUT2D eigenvalue weighted by Gasteiger charge is 2.20. The lowest BCUT2D eigenvalue weighted by Crippen LogP contribution is -2.31. The van der Waals surface area contributed by atoms with Crippen molar-refractivity contribution in [3.63, 3.8) is 0 Å². The number of benzene rings is 1. The number of rotatable bonds is 7. The second-order valence-corrected chi connectivity index (χ2v) is 5.64. The van der Waals surface area contributed by atoms with Crippen molar-refractivity contribution in [2.45, 2.75) is 26.7 Å². The summed E-state index contributed by atoms with van der Waals surface area (Å²) in [4.78, 5) is 2.05. The molecule has 0 aromatic heterocycles. The van der Waals surface area contributed by atoms with Crippen LogP contribution in [0.4, 0.5) is 5.69 Å². The van der Waals surface area contributed by atoms with Gasteiger partial charge in [0.05, 0.1) is 12.4 Å². The SMILES string of the molecule is CN(C)c1cccc(OCCCC(C)(C)C(=N)N)c1. The zero-order valence-corrected chi connectivity index (χ0v) is 12.4. The molecule has 3 N–H and O–H groups in total. The van der Waals surface area contributed by atoms with Crippen LogP contribution in [0.3, 0.4) is 0 Å². The zero-order valence-electron chi connectivity index (χ0n) is 12.4. The maximum atomic E-state index is 7.50. The number of nitrogens with two attached hydrogens (primary N) is 1. The number of ether oxygens (including phenoxy) is 1. The molecule has 0 bridgehead atoms. The van der Waals surface area contributed by atoms with Gasteiger partial charge >= 0.3 is 0 Å². The van der Waals surface area contributed by atoms with Crippen LogP contribution in [0.1, 0.15) is 26.7 Å². The fraction of sp³-hybridized carbons (Fsp3) is 0.533. The number of anilines is 1. The molecule has 0 fully saturated rings. The van der Waals surface area contributed by atoms with Gasteiger partial charge in [0, 0.05) is 31.3 Å². The van der Waals surface area contributed by atoms with Crippen LogP contribution in [-0.2, 0) is 0 Å². The quantitative estimate of drug-likeness (QED) is 0.452. The number of amidine groups is 1. The molecule has 1 aromatic rings. The Labute approximate surface area is 116 Å². The topological polar surface area (TPSA) is 62.3 Å². The van der Waals surface area contributed by atoms with E-state index in [2.05, 4.69) is 0 Å². The third-order valence-electron chi connectivity index (χ3n) is 3.28. The van der Waals surface area contributed by atoms with Crippen LogP contribution in [0.2, 0.25) is 0 Å². The van der Waals surface area contributed by atoms with Gasteiger partial charge in [-0.15, -0.1) is 0 Å². The lowest BCUT2D eigenvalue weighted by Gasteiger charge is -2.22. The van der Waals surface area contributed by atoms with Gasteiger partial charge in [0.1, 0.15) is 5.75 Å². The summed E-state index contributed by atoms with van der Waals surface area (Å²) in [6.07, 6.45) is 1.74. The Morgan fingerprint density at radius 1 is 1.37 bits per heavy atom. The van der Waals surface area contributed by atoms with E-state index in [4.69, 9.17) is 15.9 Å². The zero-order chi connectivity index (χ0) is 14.5. The first-order valence-electron chi connectivity index (χ1n) is 6.57. The highest BCUT2D eigenvalue weighted by molar-refractivity contribution is 5.82. The minimum atomic E-state index is -0.241. The van der Waals surface area contributed by atoms with Crippen LogP contribution >= 0.6 is 0 Å². The Morgan fingerprint density at radius 3 is 2.63 bits per heavy atom. The summed E-state index contributed by atoms with van der Waals surface area (Å²) in [5.41, 5.74) is 6.44. The van der Waals surface area contributed by atoms with Crippen molar-refractivity contribution in [3.8, 4) is 5.75 Å². The van der Waals surface area contributed by atoms with Gasteiger partial charge in [-0.2, -0.15) is 0 Å². The molecule has 0 radical (unpaired) electrons. The van der Waals surface area contributed by atoms with E-state index in [1.54, 1.807) is 0 Å². The van der Waals surface area contributed by atoms with E-state index in [1.165, 1.54) is 0 Å². The normalized spacial score (nSPS) is 11.2. The molecule has 0 unspecified atom stereocenters. The Balaban J connectivity index is 2.42. The lowest BCUT2D eigenvalue weighted by atomic mass is 9.87. The number of nitrogens with one attached hydrogen (secondary N) is 1. The molecule has 0 spiro atoms. The largest absolute Gasteiger partial charge is 0.494 e. The Bertz CT molecular complexity index is 427. The van der Waals surface area contributed by atoms with Gasteiger partial charge < -0.3 is 15.4 Å². The van der Waals surface area contributed by atoms with Gasteiger partial charge in [-0.1, -0.05) is 19.9 Å². The van der Waals surface area contributed by atoms with Gasteiger partial charge in [-0.05, 0) is 25.0 Å². The number of hydrogen-bond donors (Lipinski definition) is 2. The first-order valence-corrected chi connectivity index (χ1v) is 6.57. The predicted octanol–water partition coefficient (Wildman–Crippen LogP) is 2.87. The summed E-state index contributed by atoms with van der Waals surface area (Å²) in [5.74, 6) is 1.12. The van der Waals surface area contributed by atoms with E-state index in [-0.39, 0.29) is 11.3 Å². The van der Waals surface area contributed by atoms with Gasteiger partial charge in [0.15, 0.2) is 0 Å². The van der Waals surface area contributed by atoms with Crippen molar-refractivity contribution in [3.05, 3.63) is 24.3 Å². The van der Waals surface area contributed by atoms with E-state index in [9.17, 15) is 0 Å². The van der Waals surface area contributed by atoms with Crippen molar-refractivity contribution in [2.24, 2.45) is 11.1 Å². The summed E-state index contributed by atoms with van der Waals surface area (Å²) in [5, 5.41) is 7.50. The van der Waals surface area contributed by atoms with E-state index in [0.29, 0.717) is 6.61 Å². The summed E-state index contributed by atoms with van der Waals surface area (Å²) in [7, 11) is 4.02. The van der Waals surface area contributed by atoms with E-state index in [0.717, 1.165) is 24.3 Å². The molecule has 0 saturated heterocycles. The molecule has 4 heteroatoms. The van der Waals surface area contributed by atoms with Crippen LogP contribution < -0.4 is 15.4 Å². The molecule has 1 rings (SSSR count). The Hall–Kier alpha value is -1.71. The third-order valence-corrected chi connectivity index (χ3v) is 3.28. The summed E-state index contributed by atoms with van der Waals surface area (Å²) in [6.45, 7) is 4.62. The minimum absolute atomic E-state index is 0.238. The van der Waals surface area contributed by atoms with E-state index < -0.39 is 0 Å². The molecule has 19 heavy (non-hydrogen) atoms. The van der Waals surface area contributed by atoms with Crippen LogP contribution in [0.5, 0.6) is 5.75 Å². The molecule has 0 saturated carbocycles. The van der Waals surface area contributed by atoms with Crippen LogP contribution in [0.15, 0.2) is 24.3 Å². The first-order chi connectivity index (χ1) is 8.83. The van der Waals surface area contributed by atoms with Gasteiger partial charge in [-0.25, -0.2) is 0 Å². The molecule has 0 aliphatic heterocycles. The maximum Gasteiger partial charge on any atom is 0.121 e. The highest BCUT2D eigenvalue weighted by atomic mass is 16.5. The van der Waals surface area contributed by atoms with Crippen molar-refractivity contribution in [1.82, 2.24) is 0 Å². The molecular formula is C15H25N3O. The fourth-order valence-corrected chi connectivity index (χ4v) is 1.69. The first kappa shape index (κ1) is 15.3. The summed E-state index contributed by atoms with van der Waals surface area (Å²) in [6, 6.07) is 8.02. The second kappa shape index (κ2) is 6.45. The van der Waals surface area contributed by atoms with Crippen molar-refractivity contribution >= 4 is 11.5 Å². The van der Waals surface area contributed by atoms with Gasteiger partial charge in [0.2, 0.25) is 0 Å². The van der Waals surface area contributed by atoms with E-state index in [1.807, 2.05) is 57.1 Å². The van der Waals surface area contributed by atoms with Crippen molar-refractivity contribution < 1.29 is 4.74 Å². The van der Waals surface area contributed by atoms with Crippen LogP contribution in [0, 0.1) is 10.8 Å². The lowest BCUT2D eigenvalue weighted by molar-refractivity contribution is 0.287. The molecular weight excluding hydrogens is 238 g/mol. The Kier molecular flexibility index (Phi) is 5.21. The molecule has 0 amide bonds. The Morgan fingerprint density at radius 2 is 2.05 bits per heavy atom. The van der Waals surface area contributed by atoms with Gasteiger partial charge in [-0.3, -0.25) is 5.41 Å². The maximum absolute atomic E-state index is 7.50. The second-order valence-electron chi connectivity index (χ2n) is 5.64. The minimum Gasteiger partial charge on any atom is -0.494 e. The molecule has 0 aliphatic rings. The smallest absolute Gasteiger partial charge is 0.121 e. The van der Waals surface area contributed by atoms with E-state index >= 15 is 0 Å². The van der Waals surface area contributed by atoms with Crippen LogP contribution in [-0.4, -0.2) is 26.5 Å². The van der Waals surface area contributed by atoms with Gasteiger partial charge in [0.25, 0.3) is 0 Å².